The average molecular weight is 981 g/mol. The number of rotatable bonds is 8. The van der Waals surface area contributed by atoms with Crippen LogP contribution in [0.1, 0.15) is 167 Å². The molecule has 0 bridgehead atoms. The molecule has 0 radical (unpaired) electrons. The molecule has 376 valence electrons. The maximum atomic E-state index is 2.63. The lowest BCUT2D eigenvalue weighted by Crippen LogP contribution is -2.34. The van der Waals surface area contributed by atoms with E-state index in [4.69, 9.17) is 0 Å². The Balaban J connectivity index is 1.29. The first-order chi connectivity index (χ1) is 34.2. The predicted octanol–water partition coefficient (Wildman–Crippen LogP) is 21.1. The smallest absolute Gasteiger partial charge is 0.0647 e. The van der Waals surface area contributed by atoms with Gasteiger partial charge in [0.15, 0.2) is 0 Å². The molecule has 1 heterocycles. The summed E-state index contributed by atoms with van der Waals surface area (Å²) in [6.07, 6.45) is 4.71. The van der Waals surface area contributed by atoms with E-state index in [2.05, 4.69) is 265 Å². The van der Waals surface area contributed by atoms with Gasteiger partial charge in [0.05, 0.1) is 11.4 Å². The van der Waals surface area contributed by atoms with Gasteiger partial charge in [-0.2, -0.15) is 0 Å². The average Bonchev–Trinajstić information content (AvgIpc) is 3.74. The van der Waals surface area contributed by atoms with E-state index in [9.17, 15) is 0 Å². The maximum Gasteiger partial charge on any atom is 0.0647 e. The normalized spacial score (nSPS) is 16.7. The van der Waals surface area contributed by atoms with E-state index in [1.165, 1.54) is 107 Å². The van der Waals surface area contributed by atoms with E-state index in [0.29, 0.717) is 0 Å². The summed E-state index contributed by atoms with van der Waals surface area (Å²) in [6.45, 7) is 38.2. The molecule has 10 rings (SSSR count). The highest BCUT2D eigenvalue weighted by Gasteiger charge is 2.40. The Morgan fingerprint density at radius 3 is 1.59 bits per heavy atom. The Bertz CT molecular complexity index is 3400. The Labute approximate surface area is 443 Å². The lowest BCUT2D eigenvalue weighted by molar-refractivity contribution is 0.332. The van der Waals surface area contributed by atoms with Crippen LogP contribution in [0.5, 0.6) is 0 Å². The fourth-order valence-electron chi connectivity index (χ4n) is 12.1. The molecule has 0 saturated carbocycles. The van der Waals surface area contributed by atoms with Crippen molar-refractivity contribution in [3.05, 3.63) is 189 Å². The van der Waals surface area contributed by atoms with Gasteiger partial charge in [-0.1, -0.05) is 175 Å². The summed E-state index contributed by atoms with van der Waals surface area (Å²) < 4.78 is 1.35. The number of nitrogens with zero attached hydrogens (tertiary/aromatic N) is 2. The van der Waals surface area contributed by atoms with Crippen molar-refractivity contribution in [2.24, 2.45) is 0 Å². The molecule has 0 fully saturated rings. The second-order valence-corrected chi connectivity index (χ2v) is 27.6. The van der Waals surface area contributed by atoms with Crippen molar-refractivity contribution >= 4 is 55.5 Å². The quantitative estimate of drug-likeness (QED) is 0.150. The molecule has 0 amide bonds. The highest BCUT2D eigenvalue weighted by molar-refractivity contribution is 7.17. The number of hydrogen-bond donors (Lipinski definition) is 0. The van der Waals surface area contributed by atoms with Crippen LogP contribution in [0.25, 0.3) is 32.3 Å². The molecule has 1 aromatic heterocycles. The first-order valence-corrected chi connectivity index (χ1v) is 27.9. The zero-order chi connectivity index (χ0) is 52.2. The molecule has 8 aromatic rings. The standard InChI is InChI=1S/C70H80N2S/c1-45-25-28-55(46(2)35-45)48-23-20-24-51(36-48)71(62-30-26-49(65(3,4)5)39-56(62)47-21-18-17-19-22-47)53-37-50(66(6,7)8)38-54(40-53)72(52-27-29-58-59(41-52)68(11,12)32-31-67(58,9)10)63-44-73-64-43-61-60(42-57(63)64)69(13,14)33-34-70(61,15)16/h17-30,35-44H,31-34H2,1-16H3. The minimum atomic E-state index is -0.172. The second kappa shape index (κ2) is 17.9. The van der Waals surface area contributed by atoms with Gasteiger partial charge in [0.1, 0.15) is 0 Å². The Kier molecular flexibility index (Phi) is 12.4. The van der Waals surface area contributed by atoms with Gasteiger partial charge >= 0.3 is 0 Å². The minimum Gasteiger partial charge on any atom is -0.310 e. The molecular formula is C70H80N2S. The molecule has 0 saturated heterocycles. The lowest BCUT2D eigenvalue weighted by atomic mass is 9.63. The van der Waals surface area contributed by atoms with Crippen molar-refractivity contribution < 1.29 is 0 Å². The van der Waals surface area contributed by atoms with Gasteiger partial charge in [-0.25, -0.2) is 0 Å². The molecule has 0 aliphatic heterocycles. The Morgan fingerprint density at radius 2 is 0.973 bits per heavy atom. The van der Waals surface area contributed by atoms with Gasteiger partial charge in [-0.3, -0.25) is 0 Å². The Hall–Kier alpha value is -5.90. The third-order valence-electron chi connectivity index (χ3n) is 17.1. The lowest BCUT2D eigenvalue weighted by Gasteiger charge is -2.43. The highest BCUT2D eigenvalue weighted by atomic mass is 32.1. The van der Waals surface area contributed by atoms with Gasteiger partial charge in [0, 0.05) is 43.8 Å². The predicted molar refractivity (Wildman–Crippen MR) is 320 cm³/mol. The van der Waals surface area contributed by atoms with Crippen LogP contribution in [-0.4, -0.2) is 0 Å². The van der Waals surface area contributed by atoms with E-state index in [0.717, 1.165) is 29.2 Å². The van der Waals surface area contributed by atoms with Crippen LogP contribution in [0.3, 0.4) is 0 Å². The molecule has 0 N–H and O–H groups in total. The largest absolute Gasteiger partial charge is 0.310 e. The zero-order valence-corrected chi connectivity index (χ0v) is 47.8. The summed E-state index contributed by atoms with van der Waals surface area (Å²) in [6, 6.07) is 54.4. The van der Waals surface area contributed by atoms with Crippen LogP contribution in [0.4, 0.5) is 34.1 Å². The minimum absolute atomic E-state index is 0.0399. The van der Waals surface area contributed by atoms with E-state index in [-0.39, 0.29) is 32.5 Å². The van der Waals surface area contributed by atoms with Crippen molar-refractivity contribution in [2.45, 2.75) is 169 Å². The molecule has 0 unspecified atom stereocenters. The number of benzene rings is 7. The molecule has 73 heavy (non-hydrogen) atoms. The second-order valence-electron chi connectivity index (χ2n) is 26.7. The van der Waals surface area contributed by atoms with Crippen LogP contribution in [0.2, 0.25) is 0 Å². The number of anilines is 6. The first-order valence-electron chi connectivity index (χ1n) is 27.1. The van der Waals surface area contributed by atoms with Crippen molar-refractivity contribution in [3.63, 3.8) is 0 Å². The van der Waals surface area contributed by atoms with Crippen LogP contribution in [0.15, 0.2) is 145 Å². The van der Waals surface area contributed by atoms with Crippen molar-refractivity contribution in [1.29, 1.82) is 0 Å². The van der Waals surface area contributed by atoms with E-state index in [1.54, 1.807) is 0 Å². The summed E-state index contributed by atoms with van der Waals surface area (Å²) in [7, 11) is 0. The van der Waals surface area contributed by atoms with Crippen LogP contribution < -0.4 is 9.80 Å². The molecule has 2 aliphatic rings. The van der Waals surface area contributed by atoms with Crippen molar-refractivity contribution in [3.8, 4) is 22.3 Å². The van der Waals surface area contributed by atoms with Gasteiger partial charge < -0.3 is 9.80 Å². The molecule has 3 heteroatoms. The fraction of sp³-hybridized carbons (Fsp3) is 0.371. The summed E-state index contributed by atoms with van der Waals surface area (Å²) >= 11 is 1.90. The van der Waals surface area contributed by atoms with E-state index < -0.39 is 0 Å². The van der Waals surface area contributed by atoms with Crippen LogP contribution in [-0.2, 0) is 32.5 Å². The van der Waals surface area contributed by atoms with Crippen molar-refractivity contribution in [2.75, 3.05) is 9.80 Å². The molecule has 7 aromatic carbocycles. The number of thiophene rings is 1. The topological polar surface area (TPSA) is 6.48 Å². The van der Waals surface area contributed by atoms with E-state index >= 15 is 0 Å². The monoisotopic (exact) mass is 981 g/mol. The number of hydrogen-bond acceptors (Lipinski definition) is 3. The molecule has 2 nitrogen and oxygen atoms in total. The first kappa shape index (κ1) is 50.6. The molecule has 0 spiro atoms. The third-order valence-corrected chi connectivity index (χ3v) is 18.1. The Morgan fingerprint density at radius 1 is 0.411 bits per heavy atom. The molecular weight excluding hydrogens is 901 g/mol. The summed E-state index contributed by atoms with van der Waals surface area (Å²) in [5, 5.41) is 3.79. The summed E-state index contributed by atoms with van der Waals surface area (Å²) in [5.74, 6) is 0. The highest BCUT2D eigenvalue weighted by Crippen LogP contribution is 2.54. The van der Waals surface area contributed by atoms with Gasteiger partial charge in [0.25, 0.3) is 0 Å². The fourth-order valence-corrected chi connectivity index (χ4v) is 13.0. The summed E-state index contributed by atoms with van der Waals surface area (Å²) in [5.41, 5.74) is 23.1. The SMILES string of the molecule is Cc1ccc(-c2cccc(N(c3cc(N(c4ccc5c(c4)C(C)(C)CCC5(C)C)c4csc5cc6c(cc45)C(C)(C)CCC6(C)C)cc(C(C)(C)C)c3)c3ccc(C(C)(C)C)cc3-c3ccccc3)c2)c(C)c1. The van der Waals surface area contributed by atoms with Gasteiger partial charge in [-0.15, -0.1) is 11.3 Å². The zero-order valence-electron chi connectivity index (χ0n) is 47.0. The van der Waals surface area contributed by atoms with E-state index in [1.807, 2.05) is 11.3 Å². The van der Waals surface area contributed by atoms with Crippen molar-refractivity contribution in [1.82, 2.24) is 0 Å². The third kappa shape index (κ3) is 9.39. The molecule has 0 atom stereocenters. The maximum absolute atomic E-state index is 2.63. The summed E-state index contributed by atoms with van der Waals surface area (Å²) in [4.78, 5) is 5.19. The van der Waals surface area contributed by atoms with Gasteiger partial charge in [-0.05, 0) is 194 Å². The molecule has 2 aliphatic carbocycles. The van der Waals surface area contributed by atoms with Crippen LogP contribution in [0, 0.1) is 13.8 Å². The van der Waals surface area contributed by atoms with Crippen LogP contribution >= 0.6 is 11.3 Å². The van der Waals surface area contributed by atoms with Gasteiger partial charge in [0.2, 0.25) is 0 Å². The number of aryl methyl sites for hydroxylation is 2. The number of fused-ring (bicyclic) bond motifs is 3.